The van der Waals surface area contributed by atoms with Crippen molar-refractivity contribution in [3.05, 3.63) is 95.1 Å². The number of methoxy groups -OCH3 is 1. The number of hydrogen-bond donors (Lipinski definition) is 0. The van der Waals surface area contributed by atoms with Crippen LogP contribution < -0.4 is 9.47 Å². The normalized spacial score (nSPS) is 10.5. The van der Waals surface area contributed by atoms with Gasteiger partial charge in [-0.25, -0.2) is 4.79 Å². The summed E-state index contributed by atoms with van der Waals surface area (Å²) in [5.41, 5.74) is 3.42. The van der Waals surface area contributed by atoms with E-state index in [4.69, 9.17) is 14.2 Å². The number of hydrogen-bond acceptors (Lipinski definition) is 4. The van der Waals surface area contributed by atoms with Crippen LogP contribution in [0.1, 0.15) is 53.2 Å². The summed E-state index contributed by atoms with van der Waals surface area (Å²) in [5, 5.41) is 0. The average Bonchev–Trinajstić information content (AvgIpc) is 2.82. The van der Waals surface area contributed by atoms with E-state index in [0.717, 1.165) is 42.4 Å². The first kappa shape index (κ1) is 22.4. The van der Waals surface area contributed by atoms with E-state index in [0.29, 0.717) is 23.7 Å². The van der Waals surface area contributed by atoms with Crippen molar-refractivity contribution in [1.29, 1.82) is 0 Å². The quantitative estimate of drug-likeness (QED) is 0.268. The molecule has 0 N–H and O–H groups in total. The third-order valence-corrected chi connectivity index (χ3v) is 5.09. The Balaban J connectivity index is 1.81. The standard InChI is InChI=1S/C27H30O4/c1-3-4-7-16-23-17-24(30-19-21-12-8-5-9-13-21)18-25(29-2)26(23)27(28)31-20-22-14-10-6-11-15-22/h5-6,8-15,17-18H,3-4,7,16,19-20H2,1-2H3. The molecule has 4 heteroatoms. The Kier molecular flexibility index (Phi) is 8.53. The van der Waals surface area contributed by atoms with E-state index >= 15 is 0 Å². The highest BCUT2D eigenvalue weighted by Gasteiger charge is 2.21. The van der Waals surface area contributed by atoms with Gasteiger partial charge in [-0.15, -0.1) is 0 Å². The summed E-state index contributed by atoms with van der Waals surface area (Å²) in [6.07, 6.45) is 3.95. The fraction of sp³-hybridized carbons (Fsp3) is 0.296. The monoisotopic (exact) mass is 418 g/mol. The zero-order valence-corrected chi connectivity index (χ0v) is 18.3. The highest BCUT2D eigenvalue weighted by Crippen LogP contribution is 2.31. The van der Waals surface area contributed by atoms with Crippen molar-refractivity contribution in [2.45, 2.75) is 45.8 Å². The minimum Gasteiger partial charge on any atom is -0.496 e. The lowest BCUT2D eigenvalue weighted by Gasteiger charge is -2.16. The molecule has 0 atom stereocenters. The van der Waals surface area contributed by atoms with Crippen LogP contribution in [0.25, 0.3) is 0 Å². The molecule has 31 heavy (non-hydrogen) atoms. The van der Waals surface area contributed by atoms with Crippen molar-refractivity contribution in [2.24, 2.45) is 0 Å². The van der Waals surface area contributed by atoms with Crippen LogP contribution in [0.3, 0.4) is 0 Å². The van der Waals surface area contributed by atoms with E-state index in [1.165, 1.54) is 0 Å². The number of carbonyl (C=O) groups excluding carboxylic acids is 1. The number of esters is 1. The average molecular weight is 419 g/mol. The summed E-state index contributed by atoms with van der Waals surface area (Å²) in [7, 11) is 1.57. The van der Waals surface area contributed by atoms with E-state index in [1.807, 2.05) is 66.7 Å². The number of benzene rings is 3. The lowest BCUT2D eigenvalue weighted by atomic mass is 9.99. The summed E-state index contributed by atoms with van der Waals surface area (Å²) in [4.78, 5) is 13.0. The van der Waals surface area contributed by atoms with Gasteiger partial charge in [0.25, 0.3) is 0 Å². The topological polar surface area (TPSA) is 44.8 Å². The number of carbonyl (C=O) groups is 1. The van der Waals surface area contributed by atoms with Gasteiger partial charge in [-0.1, -0.05) is 80.4 Å². The molecule has 0 aliphatic carbocycles. The number of ether oxygens (including phenoxy) is 3. The second-order valence-electron chi connectivity index (χ2n) is 7.45. The van der Waals surface area contributed by atoms with Crippen molar-refractivity contribution in [1.82, 2.24) is 0 Å². The van der Waals surface area contributed by atoms with Crippen LogP contribution in [0.2, 0.25) is 0 Å². The molecular weight excluding hydrogens is 388 g/mol. The summed E-state index contributed by atoms with van der Waals surface area (Å²) in [5.74, 6) is 0.795. The number of unbranched alkanes of at least 4 members (excludes halogenated alkanes) is 2. The molecule has 0 spiro atoms. The first-order chi connectivity index (χ1) is 15.2. The summed E-state index contributed by atoms with van der Waals surface area (Å²) >= 11 is 0. The zero-order valence-electron chi connectivity index (χ0n) is 18.3. The lowest BCUT2D eigenvalue weighted by molar-refractivity contribution is 0.0467. The Labute approximate surface area is 184 Å². The van der Waals surface area contributed by atoms with E-state index in [9.17, 15) is 4.79 Å². The van der Waals surface area contributed by atoms with Crippen LogP contribution >= 0.6 is 0 Å². The Hall–Kier alpha value is -3.27. The molecule has 3 aromatic carbocycles. The van der Waals surface area contributed by atoms with E-state index in [-0.39, 0.29) is 12.6 Å². The Bertz CT molecular complexity index is 952. The molecule has 0 heterocycles. The first-order valence-corrected chi connectivity index (χ1v) is 10.8. The maximum atomic E-state index is 13.0. The van der Waals surface area contributed by atoms with Gasteiger partial charge in [-0.2, -0.15) is 0 Å². The smallest absolute Gasteiger partial charge is 0.342 e. The minimum absolute atomic E-state index is 0.226. The first-order valence-electron chi connectivity index (χ1n) is 10.8. The lowest BCUT2D eigenvalue weighted by Crippen LogP contribution is -2.11. The fourth-order valence-corrected chi connectivity index (χ4v) is 3.42. The van der Waals surface area contributed by atoms with Gasteiger partial charge >= 0.3 is 5.97 Å². The summed E-state index contributed by atoms with van der Waals surface area (Å²) in [6.45, 7) is 2.84. The zero-order chi connectivity index (χ0) is 21.9. The minimum atomic E-state index is -0.373. The van der Waals surface area contributed by atoms with Gasteiger partial charge in [0.15, 0.2) is 0 Å². The molecule has 0 aliphatic rings. The molecule has 3 rings (SSSR count). The van der Waals surface area contributed by atoms with Crippen molar-refractivity contribution < 1.29 is 19.0 Å². The SMILES string of the molecule is CCCCCc1cc(OCc2ccccc2)cc(OC)c1C(=O)OCc1ccccc1. The van der Waals surface area contributed by atoms with Gasteiger partial charge < -0.3 is 14.2 Å². The van der Waals surface area contributed by atoms with Crippen LogP contribution in [0.4, 0.5) is 0 Å². The molecule has 0 aliphatic heterocycles. The molecule has 3 aromatic rings. The van der Waals surface area contributed by atoms with Crippen molar-refractivity contribution >= 4 is 5.97 Å². The molecule has 0 radical (unpaired) electrons. The predicted octanol–water partition coefficient (Wildman–Crippen LogP) is 6.36. The van der Waals surface area contributed by atoms with Crippen molar-refractivity contribution in [3.63, 3.8) is 0 Å². The molecular formula is C27H30O4. The highest BCUT2D eigenvalue weighted by molar-refractivity contribution is 5.94. The largest absolute Gasteiger partial charge is 0.496 e. The third kappa shape index (κ3) is 6.61. The van der Waals surface area contributed by atoms with Crippen LogP contribution in [-0.4, -0.2) is 13.1 Å². The van der Waals surface area contributed by atoms with Gasteiger partial charge in [0.2, 0.25) is 0 Å². The van der Waals surface area contributed by atoms with Gasteiger partial charge in [0.1, 0.15) is 30.3 Å². The second-order valence-corrected chi connectivity index (χ2v) is 7.45. The van der Waals surface area contributed by atoms with E-state index < -0.39 is 0 Å². The molecule has 0 aromatic heterocycles. The summed E-state index contributed by atoms with van der Waals surface area (Å²) in [6, 6.07) is 23.4. The molecule has 0 amide bonds. The molecule has 162 valence electrons. The van der Waals surface area contributed by atoms with Crippen LogP contribution in [-0.2, 0) is 24.4 Å². The van der Waals surface area contributed by atoms with Crippen LogP contribution in [0, 0.1) is 0 Å². The number of rotatable bonds is 11. The van der Waals surface area contributed by atoms with Gasteiger partial charge in [0, 0.05) is 6.07 Å². The maximum Gasteiger partial charge on any atom is 0.342 e. The van der Waals surface area contributed by atoms with Gasteiger partial charge in [-0.3, -0.25) is 0 Å². The Morgan fingerprint density at radius 3 is 2.10 bits per heavy atom. The maximum absolute atomic E-state index is 13.0. The Morgan fingerprint density at radius 2 is 1.48 bits per heavy atom. The Morgan fingerprint density at radius 1 is 0.839 bits per heavy atom. The fourth-order valence-electron chi connectivity index (χ4n) is 3.42. The third-order valence-electron chi connectivity index (χ3n) is 5.09. The molecule has 0 fully saturated rings. The van der Waals surface area contributed by atoms with Crippen molar-refractivity contribution in [2.75, 3.05) is 7.11 Å². The van der Waals surface area contributed by atoms with E-state index in [2.05, 4.69) is 6.92 Å². The second kappa shape index (κ2) is 11.8. The number of aryl methyl sites for hydroxylation is 1. The predicted molar refractivity (Wildman–Crippen MR) is 123 cm³/mol. The van der Waals surface area contributed by atoms with Gasteiger partial charge in [0.05, 0.1) is 7.11 Å². The molecule has 0 bridgehead atoms. The molecule has 0 saturated carbocycles. The highest BCUT2D eigenvalue weighted by atomic mass is 16.5. The molecule has 0 unspecified atom stereocenters. The molecule has 0 saturated heterocycles. The molecule has 4 nitrogen and oxygen atoms in total. The van der Waals surface area contributed by atoms with E-state index in [1.54, 1.807) is 13.2 Å². The van der Waals surface area contributed by atoms with Crippen molar-refractivity contribution in [3.8, 4) is 11.5 Å². The summed E-state index contributed by atoms with van der Waals surface area (Å²) < 4.78 is 17.2. The van der Waals surface area contributed by atoms with Crippen LogP contribution in [0.5, 0.6) is 11.5 Å². The van der Waals surface area contributed by atoms with Crippen LogP contribution in [0.15, 0.2) is 72.8 Å². The van der Waals surface area contributed by atoms with Gasteiger partial charge in [-0.05, 0) is 35.6 Å².